The highest BCUT2D eigenvalue weighted by atomic mass is 31.0. The van der Waals surface area contributed by atoms with E-state index in [1.807, 2.05) is 44.2 Å². The molecule has 1 atom stereocenters. The lowest BCUT2D eigenvalue weighted by atomic mass is 10.3. The molecule has 56 valence electrons. The van der Waals surface area contributed by atoms with E-state index < -0.39 is 0 Å². The smallest absolute Gasteiger partial charge is 0.122 e. The second-order valence-electron chi connectivity index (χ2n) is 1.43. The molecule has 0 aliphatic heterocycles. The minimum absolute atomic E-state index is 0.873. The Bertz CT molecular complexity index is 151. The number of hydrogen-bond acceptors (Lipinski definition) is 1. The minimum Gasteiger partial charge on any atom is -0.480 e. The molecule has 0 spiro atoms. The number of rotatable bonds is 1. The third-order valence-electron chi connectivity index (χ3n) is 0.879. The molecule has 0 bridgehead atoms. The third-order valence-corrected chi connectivity index (χ3v) is 1.15. The van der Waals surface area contributed by atoms with Gasteiger partial charge in [0, 0.05) is 0 Å². The topological polar surface area (TPSA) is 9.23 Å². The lowest BCUT2D eigenvalue weighted by Gasteiger charge is -1.93. The summed E-state index contributed by atoms with van der Waals surface area (Å²) in [5, 5.41) is 0. The Balaban J connectivity index is 0.000000371. The molecule has 1 unspecified atom stereocenters. The van der Waals surface area contributed by atoms with Gasteiger partial charge in [0.05, 0.1) is 9.47 Å². The van der Waals surface area contributed by atoms with E-state index in [2.05, 4.69) is 9.47 Å². The Morgan fingerprint density at radius 3 is 1.90 bits per heavy atom. The van der Waals surface area contributed by atoms with E-state index in [1.165, 1.54) is 0 Å². The van der Waals surface area contributed by atoms with Crippen molar-refractivity contribution in [3.63, 3.8) is 0 Å². The fourth-order valence-electron chi connectivity index (χ4n) is 0.499. The van der Waals surface area contributed by atoms with Crippen molar-refractivity contribution in [1.82, 2.24) is 0 Å². The van der Waals surface area contributed by atoms with Crippen LogP contribution in [0.2, 0.25) is 0 Å². The van der Waals surface area contributed by atoms with Crippen LogP contribution in [0.1, 0.15) is 13.8 Å². The van der Waals surface area contributed by atoms with E-state index in [0.717, 1.165) is 5.75 Å². The molecule has 1 rings (SSSR count). The second-order valence-corrected chi connectivity index (χ2v) is 1.67. The molecule has 1 nitrogen and oxygen atoms in total. The van der Waals surface area contributed by atoms with Crippen molar-refractivity contribution in [2.24, 2.45) is 0 Å². The van der Waals surface area contributed by atoms with Gasteiger partial charge < -0.3 is 4.52 Å². The zero-order valence-electron chi connectivity index (χ0n) is 6.37. The maximum Gasteiger partial charge on any atom is 0.122 e. The summed E-state index contributed by atoms with van der Waals surface area (Å²) >= 11 is 0. The van der Waals surface area contributed by atoms with Crippen molar-refractivity contribution >= 4 is 9.47 Å². The average molecular weight is 156 g/mol. The van der Waals surface area contributed by atoms with Crippen molar-refractivity contribution in [3.05, 3.63) is 30.3 Å². The molecule has 0 amide bonds. The van der Waals surface area contributed by atoms with Gasteiger partial charge in [-0.2, -0.15) is 0 Å². The molecule has 1 aromatic carbocycles. The summed E-state index contributed by atoms with van der Waals surface area (Å²) in [6.07, 6.45) is 0. The average Bonchev–Trinajstić information content (AvgIpc) is 2.10. The Kier molecular flexibility index (Phi) is 6.21. The highest BCUT2D eigenvalue weighted by Gasteiger charge is 1.80. The first-order valence-electron chi connectivity index (χ1n) is 3.35. The second kappa shape index (κ2) is 6.57. The normalized spacial score (nSPS) is 7.50. The Morgan fingerprint density at radius 1 is 1.10 bits per heavy atom. The molecule has 0 radical (unpaired) electrons. The van der Waals surface area contributed by atoms with Crippen molar-refractivity contribution in [1.29, 1.82) is 0 Å². The van der Waals surface area contributed by atoms with Crippen LogP contribution in [0.15, 0.2) is 30.3 Å². The van der Waals surface area contributed by atoms with E-state index in [-0.39, 0.29) is 0 Å². The van der Waals surface area contributed by atoms with E-state index in [4.69, 9.17) is 4.52 Å². The summed E-state index contributed by atoms with van der Waals surface area (Å²) in [5.74, 6) is 0.873. The number of para-hydroxylation sites is 1. The van der Waals surface area contributed by atoms with Gasteiger partial charge in [-0.3, -0.25) is 0 Å². The van der Waals surface area contributed by atoms with Gasteiger partial charge in [0.1, 0.15) is 5.75 Å². The molecule has 0 saturated carbocycles. The molecule has 0 aliphatic carbocycles. The van der Waals surface area contributed by atoms with Crippen LogP contribution in [0.25, 0.3) is 0 Å². The molecule has 10 heavy (non-hydrogen) atoms. The van der Waals surface area contributed by atoms with Gasteiger partial charge >= 0.3 is 0 Å². The molecule has 2 heteroatoms. The lowest BCUT2D eigenvalue weighted by Crippen LogP contribution is -1.68. The van der Waals surface area contributed by atoms with Gasteiger partial charge in [-0.25, -0.2) is 0 Å². The standard InChI is InChI=1S/C6H7OP.C2H6/c8-7-6-4-2-1-3-5-6;1-2/h1-5H,8H2;1-2H3. The fraction of sp³-hybridized carbons (Fsp3) is 0.250. The highest BCUT2D eigenvalue weighted by molar-refractivity contribution is 7.10. The first-order chi connectivity index (χ1) is 4.93. The van der Waals surface area contributed by atoms with Crippen molar-refractivity contribution in [2.75, 3.05) is 0 Å². The molecule has 1 aromatic rings. The maximum atomic E-state index is 4.83. The molecule has 0 N–H and O–H groups in total. The molecular formula is C8H13OP. The first-order valence-corrected chi connectivity index (χ1v) is 3.82. The maximum absolute atomic E-state index is 4.83. The van der Waals surface area contributed by atoms with Crippen LogP contribution in [-0.4, -0.2) is 0 Å². The third kappa shape index (κ3) is 3.47. The molecular weight excluding hydrogens is 143 g/mol. The van der Waals surface area contributed by atoms with Gasteiger partial charge in [-0.15, -0.1) is 0 Å². The summed E-state index contributed by atoms with van der Waals surface area (Å²) in [7, 11) is 2.19. The van der Waals surface area contributed by atoms with Crippen molar-refractivity contribution in [3.8, 4) is 5.75 Å². The summed E-state index contributed by atoms with van der Waals surface area (Å²) in [5.41, 5.74) is 0. The van der Waals surface area contributed by atoms with E-state index in [1.54, 1.807) is 0 Å². The Morgan fingerprint density at radius 2 is 1.60 bits per heavy atom. The Labute approximate surface area is 64.7 Å². The fourth-order valence-corrected chi connectivity index (χ4v) is 0.656. The van der Waals surface area contributed by atoms with E-state index >= 15 is 0 Å². The molecule has 0 aliphatic rings. The first kappa shape index (κ1) is 9.45. The van der Waals surface area contributed by atoms with Gasteiger partial charge in [0.25, 0.3) is 0 Å². The van der Waals surface area contributed by atoms with Crippen LogP contribution in [0.4, 0.5) is 0 Å². The van der Waals surface area contributed by atoms with Crippen LogP contribution >= 0.6 is 9.47 Å². The number of benzene rings is 1. The highest BCUT2D eigenvalue weighted by Crippen LogP contribution is 2.09. The van der Waals surface area contributed by atoms with Gasteiger partial charge in [-0.1, -0.05) is 32.0 Å². The molecule has 0 heterocycles. The molecule has 0 aromatic heterocycles. The summed E-state index contributed by atoms with van der Waals surface area (Å²) in [4.78, 5) is 0. The van der Waals surface area contributed by atoms with Crippen molar-refractivity contribution < 1.29 is 4.52 Å². The lowest BCUT2D eigenvalue weighted by molar-refractivity contribution is 0.646. The predicted molar refractivity (Wildman–Crippen MR) is 48.1 cm³/mol. The summed E-state index contributed by atoms with van der Waals surface area (Å²) in [6.45, 7) is 4.00. The largest absolute Gasteiger partial charge is 0.480 e. The zero-order chi connectivity index (χ0) is 7.82. The van der Waals surface area contributed by atoms with Crippen LogP contribution in [0, 0.1) is 0 Å². The number of hydrogen-bond donors (Lipinski definition) is 0. The monoisotopic (exact) mass is 156 g/mol. The van der Waals surface area contributed by atoms with Crippen LogP contribution < -0.4 is 4.52 Å². The van der Waals surface area contributed by atoms with Crippen LogP contribution in [0.5, 0.6) is 5.75 Å². The quantitative estimate of drug-likeness (QED) is 0.568. The zero-order valence-corrected chi connectivity index (χ0v) is 7.53. The van der Waals surface area contributed by atoms with E-state index in [0.29, 0.717) is 0 Å². The summed E-state index contributed by atoms with van der Waals surface area (Å²) in [6, 6.07) is 9.60. The van der Waals surface area contributed by atoms with Gasteiger partial charge in [0.15, 0.2) is 0 Å². The van der Waals surface area contributed by atoms with Gasteiger partial charge in [-0.05, 0) is 12.1 Å². The van der Waals surface area contributed by atoms with Crippen molar-refractivity contribution in [2.45, 2.75) is 13.8 Å². The SMILES string of the molecule is CC.POc1ccccc1. The van der Waals surface area contributed by atoms with Gasteiger partial charge in [0.2, 0.25) is 0 Å². The Hall–Kier alpha value is -0.550. The molecule has 0 fully saturated rings. The van der Waals surface area contributed by atoms with Crippen LogP contribution in [-0.2, 0) is 0 Å². The van der Waals surface area contributed by atoms with Crippen LogP contribution in [0.3, 0.4) is 0 Å². The van der Waals surface area contributed by atoms with E-state index in [9.17, 15) is 0 Å². The molecule has 0 saturated heterocycles. The summed E-state index contributed by atoms with van der Waals surface area (Å²) < 4.78 is 4.83. The minimum atomic E-state index is 0.873. The predicted octanol–water partition coefficient (Wildman–Crippen LogP) is 2.88.